The smallest absolute Gasteiger partial charge is 0.182 e. The average molecular weight is 1530 g/mol. The molecule has 0 spiro atoms. The fourth-order valence-corrected chi connectivity index (χ4v) is 17.5. The molecule has 2 rings (SSSR count). The Labute approximate surface area is 683 Å². The van der Waals surface area contributed by atoms with Crippen molar-refractivity contribution in [1.29, 1.82) is 0 Å². The number of benzene rings is 2. The molecule has 640 valence electrons. The molecule has 0 aromatic heterocycles. The van der Waals surface area contributed by atoms with Gasteiger partial charge in [0.25, 0.3) is 0 Å². The van der Waals surface area contributed by atoms with E-state index in [-0.39, 0.29) is 5.41 Å². The summed E-state index contributed by atoms with van der Waals surface area (Å²) in [7, 11) is 13.3. The molecule has 8 nitrogen and oxygen atoms in total. The van der Waals surface area contributed by atoms with Crippen LogP contribution in [-0.2, 0) is 28.0 Å². The third kappa shape index (κ3) is 52.2. The summed E-state index contributed by atoms with van der Waals surface area (Å²) in [6.45, 7) is 35.3. The Morgan fingerprint density at radius 1 is 0.275 bits per heavy atom. The summed E-state index contributed by atoms with van der Waals surface area (Å²) >= 11 is 0. The second-order valence-corrected chi connectivity index (χ2v) is 38.2. The normalized spacial score (nSPS) is 13.1. The van der Waals surface area contributed by atoms with E-state index in [1.807, 2.05) is 0 Å². The van der Waals surface area contributed by atoms with Gasteiger partial charge in [-0.15, -0.1) is 0 Å². The predicted octanol–water partition coefficient (Wildman–Crippen LogP) is 30.3. The van der Waals surface area contributed by atoms with E-state index in [0.29, 0.717) is 52.0 Å². The molecule has 0 heterocycles. The summed E-state index contributed by atoms with van der Waals surface area (Å²) in [5.41, 5.74) is 5.32. The molecule has 0 fully saturated rings. The van der Waals surface area contributed by atoms with Crippen LogP contribution in [-0.4, -0.2) is 138 Å². The van der Waals surface area contributed by atoms with E-state index in [4.69, 9.17) is 18.9 Å². The minimum absolute atomic E-state index is 0.293. The van der Waals surface area contributed by atoms with Gasteiger partial charge in [0, 0.05) is 16.5 Å². The minimum atomic E-state index is -0.293. The maximum atomic E-state index is 7.14. The highest BCUT2D eigenvalue weighted by atomic mass is 16.5. The molecule has 2 atom stereocenters. The van der Waals surface area contributed by atoms with Crippen LogP contribution in [0.3, 0.4) is 0 Å². The molecule has 0 N–H and O–H groups in total. The Bertz CT molecular complexity index is 2120. The molecule has 0 aliphatic carbocycles. The molecular weight excluding hydrogens is 1330 g/mol. The molecule has 109 heavy (non-hydrogen) atoms. The van der Waals surface area contributed by atoms with Gasteiger partial charge in [-0.3, -0.25) is 0 Å². The van der Waals surface area contributed by atoms with Gasteiger partial charge < -0.3 is 36.9 Å². The quantitative estimate of drug-likeness (QED) is 0.0376. The maximum Gasteiger partial charge on any atom is 0.182 e. The molecule has 2 aromatic carbocycles. The van der Waals surface area contributed by atoms with Crippen LogP contribution in [0.4, 0.5) is 0 Å². The van der Waals surface area contributed by atoms with E-state index in [2.05, 4.69) is 148 Å². The van der Waals surface area contributed by atoms with Crippen molar-refractivity contribution in [2.75, 3.05) is 108 Å². The van der Waals surface area contributed by atoms with Crippen molar-refractivity contribution in [3.8, 4) is 11.5 Å². The van der Waals surface area contributed by atoms with Gasteiger partial charge >= 0.3 is 0 Å². The monoisotopic (exact) mass is 1530 g/mol. The molecule has 0 radical (unpaired) electrons. The van der Waals surface area contributed by atoms with Crippen molar-refractivity contribution in [2.24, 2.45) is 0 Å². The van der Waals surface area contributed by atoms with E-state index in [9.17, 15) is 0 Å². The van der Waals surface area contributed by atoms with Crippen LogP contribution >= 0.6 is 0 Å². The summed E-state index contributed by atoms with van der Waals surface area (Å²) in [6.07, 6.45) is 79.7. The van der Waals surface area contributed by atoms with E-state index >= 15 is 0 Å². The van der Waals surface area contributed by atoms with Crippen LogP contribution < -0.4 is 9.47 Å². The van der Waals surface area contributed by atoms with E-state index in [1.54, 1.807) is 0 Å². The third-order valence-electron chi connectivity index (χ3n) is 25.1. The first kappa shape index (κ1) is 103. The lowest BCUT2D eigenvalue weighted by molar-refractivity contribution is -0.962. The zero-order valence-corrected chi connectivity index (χ0v) is 77.0. The Balaban J connectivity index is 3.01. The summed E-state index contributed by atoms with van der Waals surface area (Å²) in [4.78, 5) is 0. The highest BCUT2D eigenvalue weighted by molar-refractivity contribution is 5.47. The van der Waals surface area contributed by atoms with Crippen molar-refractivity contribution in [3.05, 3.63) is 58.7 Å². The number of hydrogen-bond donors (Lipinski definition) is 0. The Hall–Kier alpha value is -2.20. The lowest BCUT2D eigenvalue weighted by Gasteiger charge is -2.45. The Morgan fingerprint density at radius 3 is 0.706 bits per heavy atom. The van der Waals surface area contributed by atoms with Crippen LogP contribution in [0.15, 0.2) is 36.4 Å². The number of rotatable bonds is 82. The van der Waals surface area contributed by atoms with E-state index in [1.165, 1.54) is 430 Å². The zero-order chi connectivity index (χ0) is 79.7. The van der Waals surface area contributed by atoms with Crippen LogP contribution in [0.25, 0.3) is 0 Å². The largest absolute Gasteiger partial charge is 0.491 e. The van der Waals surface area contributed by atoms with Crippen LogP contribution in [0.2, 0.25) is 0 Å². The number of ether oxygens (including phenoxy) is 4. The van der Waals surface area contributed by atoms with Gasteiger partial charge in [-0.05, 0) is 126 Å². The predicted molar refractivity (Wildman–Crippen MR) is 482 cm³/mol. The number of unbranched alkanes of at least 4 members (excludes halogenated alkanes) is 50. The lowest BCUT2D eigenvalue weighted by Crippen LogP contribution is -2.55. The van der Waals surface area contributed by atoms with Crippen molar-refractivity contribution in [2.45, 2.75) is 472 Å². The van der Waals surface area contributed by atoms with E-state index in [0.717, 1.165) is 33.6 Å². The second-order valence-electron chi connectivity index (χ2n) is 38.2. The molecule has 8 heteroatoms. The molecule has 0 saturated heterocycles. The van der Waals surface area contributed by atoms with Crippen molar-refractivity contribution < 1.29 is 36.9 Å². The second kappa shape index (κ2) is 66.9. The first-order valence-corrected chi connectivity index (χ1v) is 48.8. The zero-order valence-electron chi connectivity index (χ0n) is 77.0. The molecular formula is C101H196N4O4+4. The molecule has 0 aliphatic rings. The van der Waals surface area contributed by atoms with Gasteiger partial charge in [-0.25, -0.2) is 0 Å². The maximum absolute atomic E-state index is 7.14. The first-order valence-electron chi connectivity index (χ1n) is 48.8. The Kier molecular flexibility index (Phi) is 63.1. The molecule has 0 bridgehead atoms. The highest BCUT2D eigenvalue weighted by Gasteiger charge is 2.38. The number of hydrogen-bond acceptors (Lipinski definition) is 4. The molecule has 0 amide bonds. The minimum Gasteiger partial charge on any atom is -0.491 e. The first-order chi connectivity index (χ1) is 52.8. The molecule has 2 aromatic rings. The summed E-state index contributed by atoms with van der Waals surface area (Å²) in [5, 5.41) is 0. The summed E-state index contributed by atoms with van der Waals surface area (Å²) in [5.74, 6) is 2.15. The Morgan fingerprint density at radius 2 is 0.486 bits per heavy atom. The van der Waals surface area contributed by atoms with Crippen LogP contribution in [0.1, 0.15) is 464 Å². The lowest BCUT2D eigenvalue weighted by atomic mass is 9.77. The van der Waals surface area contributed by atoms with Crippen molar-refractivity contribution in [3.63, 3.8) is 0 Å². The number of quaternary nitrogens is 4. The third-order valence-corrected chi connectivity index (χ3v) is 25.1. The summed E-state index contributed by atoms with van der Waals surface area (Å²) in [6, 6.07) is 16.2. The van der Waals surface area contributed by atoms with Crippen LogP contribution in [0.5, 0.6) is 11.5 Å². The SMILES string of the molecule is CCCCCCCCCCCC[N+](CCCCCCCCCCCC)(Cc1cc(C(C)(C)c2ccc(OCCOC[N+](C)(C)C)c(C[N+](CCCCCCCCCCCC)(CCCCCCCCCCCC)C(C)CCCCCCCCCC)c2)ccc1OCCOC[N+](C)(C)C)C(C)CCCCCCCCCC. The molecule has 0 aliphatic heterocycles. The van der Waals surface area contributed by atoms with Crippen LogP contribution in [0, 0.1) is 0 Å². The molecule has 0 saturated carbocycles. The van der Waals surface area contributed by atoms with Gasteiger partial charge in [0.05, 0.1) is 93.8 Å². The van der Waals surface area contributed by atoms with E-state index < -0.39 is 0 Å². The fourth-order valence-electron chi connectivity index (χ4n) is 17.5. The standard InChI is InChI=1S/C101H196N4O4/c1-17-23-29-35-41-47-51-57-63-69-79-104(80-70-64-58-52-48-42-36-30-24-18-2,93(7)73-67-61-55-45-39-33-27-21-5)89-95-87-97(75-77-99(95)108-85-83-106-91-102(11,12)13)101(9,10)98-76-78-100(109-86-84-107-92-103(14,15)16)96(88-98)90-105(81-71-65-59-53-49-43-37-31-25-19-3,82-72-66-60-54-50-44-38-32-26-20-4)94(8)74-68-62-56-46-40-34-28-22-6/h75-78,87-88,93-94H,17-74,79-86,89-92H2,1-16H3/q+4. The van der Waals surface area contributed by atoms with Gasteiger partial charge in [-0.1, -0.05) is 363 Å². The van der Waals surface area contributed by atoms with Gasteiger partial charge in [-0.2, -0.15) is 0 Å². The number of nitrogens with zero attached hydrogens (tertiary/aromatic N) is 4. The van der Waals surface area contributed by atoms with Gasteiger partial charge in [0.15, 0.2) is 13.5 Å². The molecule has 2 unspecified atom stereocenters. The average Bonchev–Trinajstić information content (AvgIpc) is 0.772. The summed E-state index contributed by atoms with van der Waals surface area (Å²) < 4.78 is 30.9. The van der Waals surface area contributed by atoms with Crippen molar-refractivity contribution >= 4 is 0 Å². The fraction of sp³-hybridized carbons (Fsp3) is 0.881. The van der Waals surface area contributed by atoms with Gasteiger partial charge in [0.2, 0.25) is 0 Å². The van der Waals surface area contributed by atoms with Crippen molar-refractivity contribution in [1.82, 2.24) is 0 Å². The highest BCUT2D eigenvalue weighted by Crippen LogP contribution is 2.41. The topological polar surface area (TPSA) is 36.9 Å². The van der Waals surface area contributed by atoms with Gasteiger partial charge in [0.1, 0.15) is 37.8 Å².